The summed E-state index contributed by atoms with van der Waals surface area (Å²) in [6, 6.07) is 6.24. The maximum absolute atomic E-state index is 12.3. The lowest BCUT2D eigenvalue weighted by molar-refractivity contribution is -0.132. The van der Waals surface area contributed by atoms with Crippen LogP contribution in [0, 0.1) is 0 Å². The van der Waals surface area contributed by atoms with Crippen LogP contribution in [0.3, 0.4) is 0 Å². The Morgan fingerprint density at radius 1 is 1.48 bits per heavy atom. The van der Waals surface area contributed by atoms with Crippen LogP contribution in [0.5, 0.6) is 0 Å². The van der Waals surface area contributed by atoms with Crippen molar-refractivity contribution >= 4 is 17.2 Å². The maximum atomic E-state index is 12.3. The summed E-state index contributed by atoms with van der Waals surface area (Å²) in [5, 5.41) is 9.15. The largest absolute Gasteiger partial charge is 0.342 e. The molecule has 0 aromatic carbocycles. The van der Waals surface area contributed by atoms with Crippen molar-refractivity contribution in [2.45, 2.75) is 38.0 Å². The van der Waals surface area contributed by atoms with Gasteiger partial charge in [-0.2, -0.15) is 5.10 Å². The quantitative estimate of drug-likeness (QED) is 0.922. The third kappa shape index (κ3) is 3.73. The van der Waals surface area contributed by atoms with Crippen molar-refractivity contribution in [1.29, 1.82) is 0 Å². The van der Waals surface area contributed by atoms with Crippen molar-refractivity contribution in [3.63, 3.8) is 0 Å². The fraction of sp³-hybridized carbons (Fsp3) is 0.500. The van der Waals surface area contributed by atoms with E-state index < -0.39 is 0 Å². The zero-order valence-corrected chi connectivity index (χ0v) is 12.9. The number of piperidine rings is 1. The number of aromatic nitrogens is 2. The SMILES string of the molecule is O=C(CCCc1cccs1)N1CCC[C@@H](c2ccn[nH]2)C1. The van der Waals surface area contributed by atoms with E-state index in [4.69, 9.17) is 0 Å². The Bertz CT molecular complexity index is 550. The molecule has 0 spiro atoms. The van der Waals surface area contributed by atoms with Gasteiger partial charge in [0.25, 0.3) is 0 Å². The number of aryl methyl sites for hydroxylation is 1. The van der Waals surface area contributed by atoms with Gasteiger partial charge in [0.1, 0.15) is 0 Å². The van der Waals surface area contributed by atoms with Crippen LogP contribution < -0.4 is 0 Å². The standard InChI is InChI=1S/C16H21N3OS/c20-16(7-1-5-14-6-3-11-21-14)19-10-2-4-13(12-19)15-8-9-17-18-15/h3,6,8-9,11,13H,1-2,4-5,7,10,12H2,(H,17,18)/t13-/m1/s1. The predicted molar refractivity (Wildman–Crippen MR) is 84.4 cm³/mol. The van der Waals surface area contributed by atoms with Gasteiger partial charge in [-0.25, -0.2) is 0 Å². The first-order chi connectivity index (χ1) is 10.3. The van der Waals surface area contributed by atoms with E-state index in [1.165, 1.54) is 4.88 Å². The van der Waals surface area contributed by atoms with Crippen molar-refractivity contribution in [3.05, 3.63) is 40.3 Å². The number of amides is 1. The average molecular weight is 303 g/mol. The molecule has 3 heterocycles. The van der Waals surface area contributed by atoms with Crippen molar-refractivity contribution in [1.82, 2.24) is 15.1 Å². The summed E-state index contributed by atoms with van der Waals surface area (Å²) < 4.78 is 0. The van der Waals surface area contributed by atoms with Gasteiger partial charge >= 0.3 is 0 Å². The fourth-order valence-electron chi connectivity index (χ4n) is 2.98. The highest BCUT2D eigenvalue weighted by Gasteiger charge is 2.25. The number of aromatic amines is 1. The molecule has 0 unspecified atom stereocenters. The molecule has 1 N–H and O–H groups in total. The second-order valence-corrected chi connectivity index (χ2v) is 6.66. The molecule has 1 aliphatic heterocycles. The number of hydrogen-bond donors (Lipinski definition) is 1. The molecule has 4 nitrogen and oxygen atoms in total. The minimum atomic E-state index is 0.302. The third-order valence-corrected chi connectivity index (χ3v) is 5.07. The monoisotopic (exact) mass is 303 g/mol. The van der Waals surface area contributed by atoms with E-state index in [0.29, 0.717) is 18.2 Å². The summed E-state index contributed by atoms with van der Waals surface area (Å²) in [5.41, 5.74) is 1.16. The van der Waals surface area contributed by atoms with Gasteiger partial charge in [0, 0.05) is 42.2 Å². The van der Waals surface area contributed by atoms with Gasteiger partial charge in [0.15, 0.2) is 0 Å². The summed E-state index contributed by atoms with van der Waals surface area (Å²) >= 11 is 1.77. The van der Waals surface area contributed by atoms with E-state index >= 15 is 0 Å². The van der Waals surface area contributed by atoms with E-state index in [0.717, 1.165) is 44.5 Å². The van der Waals surface area contributed by atoms with Gasteiger partial charge < -0.3 is 4.90 Å². The van der Waals surface area contributed by atoms with Crippen LogP contribution in [-0.4, -0.2) is 34.1 Å². The van der Waals surface area contributed by atoms with E-state index in [-0.39, 0.29) is 0 Å². The Morgan fingerprint density at radius 2 is 2.43 bits per heavy atom. The van der Waals surface area contributed by atoms with Crippen molar-refractivity contribution < 1.29 is 4.79 Å². The molecule has 2 aromatic heterocycles. The highest BCUT2D eigenvalue weighted by molar-refractivity contribution is 7.09. The summed E-state index contributed by atoms with van der Waals surface area (Å²) in [5.74, 6) is 0.721. The number of hydrogen-bond acceptors (Lipinski definition) is 3. The molecule has 1 fully saturated rings. The lowest BCUT2D eigenvalue weighted by Gasteiger charge is -2.32. The minimum absolute atomic E-state index is 0.302. The average Bonchev–Trinajstić information content (AvgIpc) is 3.21. The zero-order chi connectivity index (χ0) is 14.5. The molecular weight excluding hydrogens is 282 g/mol. The molecule has 0 aliphatic carbocycles. The van der Waals surface area contributed by atoms with Gasteiger partial charge in [-0.05, 0) is 43.2 Å². The number of nitrogens with zero attached hydrogens (tertiary/aromatic N) is 2. The first kappa shape index (κ1) is 14.3. The smallest absolute Gasteiger partial charge is 0.222 e. The highest BCUT2D eigenvalue weighted by Crippen LogP contribution is 2.25. The molecule has 112 valence electrons. The van der Waals surface area contributed by atoms with Crippen LogP contribution in [0.2, 0.25) is 0 Å². The Labute approximate surface area is 129 Å². The summed E-state index contributed by atoms with van der Waals surface area (Å²) in [6.07, 6.45) is 6.64. The van der Waals surface area contributed by atoms with Crippen LogP contribution in [0.15, 0.2) is 29.8 Å². The van der Waals surface area contributed by atoms with Crippen LogP contribution in [0.25, 0.3) is 0 Å². The summed E-state index contributed by atoms with van der Waals surface area (Å²) in [4.78, 5) is 15.7. The van der Waals surface area contributed by atoms with E-state index in [9.17, 15) is 4.79 Å². The van der Waals surface area contributed by atoms with Crippen molar-refractivity contribution in [2.75, 3.05) is 13.1 Å². The number of nitrogens with one attached hydrogen (secondary N) is 1. The lowest BCUT2D eigenvalue weighted by Crippen LogP contribution is -2.39. The number of carbonyl (C=O) groups excluding carboxylic acids is 1. The van der Waals surface area contributed by atoms with Gasteiger partial charge in [-0.1, -0.05) is 6.07 Å². The molecule has 1 saturated heterocycles. The first-order valence-corrected chi connectivity index (χ1v) is 8.50. The molecule has 0 bridgehead atoms. The molecule has 3 rings (SSSR count). The predicted octanol–water partition coefficient (Wildman–Crippen LogP) is 3.20. The molecule has 5 heteroatoms. The number of thiophene rings is 1. The Kier molecular flexibility index (Phi) is 4.70. The lowest BCUT2D eigenvalue weighted by atomic mass is 9.94. The molecule has 0 saturated carbocycles. The summed E-state index contributed by atoms with van der Waals surface area (Å²) in [7, 11) is 0. The Balaban J connectivity index is 1.48. The van der Waals surface area contributed by atoms with Gasteiger partial charge in [0.05, 0.1) is 0 Å². The number of rotatable bonds is 5. The molecule has 21 heavy (non-hydrogen) atoms. The topological polar surface area (TPSA) is 49.0 Å². The zero-order valence-electron chi connectivity index (χ0n) is 12.1. The molecule has 1 atom stereocenters. The minimum Gasteiger partial charge on any atom is -0.342 e. The second kappa shape index (κ2) is 6.89. The second-order valence-electron chi connectivity index (χ2n) is 5.62. The normalized spacial score (nSPS) is 18.9. The molecule has 1 amide bonds. The maximum Gasteiger partial charge on any atom is 0.222 e. The van der Waals surface area contributed by atoms with Gasteiger partial charge in [-0.3, -0.25) is 9.89 Å². The highest BCUT2D eigenvalue weighted by atomic mass is 32.1. The van der Waals surface area contributed by atoms with Crippen LogP contribution in [-0.2, 0) is 11.2 Å². The fourth-order valence-corrected chi connectivity index (χ4v) is 3.73. The van der Waals surface area contributed by atoms with E-state index in [2.05, 4.69) is 27.7 Å². The van der Waals surface area contributed by atoms with Crippen molar-refractivity contribution in [3.8, 4) is 0 Å². The van der Waals surface area contributed by atoms with Gasteiger partial charge in [0.2, 0.25) is 5.91 Å². The molecule has 2 aromatic rings. The first-order valence-electron chi connectivity index (χ1n) is 7.62. The van der Waals surface area contributed by atoms with Crippen LogP contribution >= 0.6 is 11.3 Å². The molecular formula is C16H21N3OS. The Hall–Kier alpha value is -1.62. The van der Waals surface area contributed by atoms with Crippen LogP contribution in [0.1, 0.15) is 42.2 Å². The van der Waals surface area contributed by atoms with Gasteiger partial charge in [-0.15, -0.1) is 11.3 Å². The van der Waals surface area contributed by atoms with E-state index in [1.807, 2.05) is 11.0 Å². The van der Waals surface area contributed by atoms with E-state index in [1.54, 1.807) is 17.5 Å². The third-order valence-electron chi connectivity index (χ3n) is 4.13. The number of carbonyl (C=O) groups is 1. The molecule has 0 radical (unpaired) electrons. The number of likely N-dealkylation sites (tertiary alicyclic amines) is 1. The summed E-state index contributed by atoms with van der Waals surface area (Å²) in [6.45, 7) is 1.74. The Morgan fingerprint density at radius 3 is 3.19 bits per heavy atom. The number of H-pyrrole nitrogens is 1. The van der Waals surface area contributed by atoms with Crippen LogP contribution in [0.4, 0.5) is 0 Å². The van der Waals surface area contributed by atoms with Crippen molar-refractivity contribution in [2.24, 2.45) is 0 Å². The molecule has 1 aliphatic rings.